The van der Waals surface area contributed by atoms with E-state index in [2.05, 4.69) is 37.8 Å². The molecule has 0 spiro atoms. The van der Waals surface area contributed by atoms with E-state index in [1.165, 1.54) is 30.8 Å². The molecule has 3 atom stereocenters. The van der Waals surface area contributed by atoms with Crippen LogP contribution >= 0.6 is 11.8 Å². The highest BCUT2D eigenvalue weighted by Crippen LogP contribution is 2.34. The van der Waals surface area contributed by atoms with Crippen molar-refractivity contribution in [1.82, 2.24) is 5.32 Å². The zero-order valence-corrected chi connectivity index (χ0v) is 11.6. The molecule has 2 aliphatic rings. The third-order valence-corrected chi connectivity index (χ3v) is 5.19. The molecule has 16 heavy (non-hydrogen) atoms. The van der Waals surface area contributed by atoms with E-state index < -0.39 is 0 Å². The maximum atomic E-state index is 5.59. The molecule has 3 heteroatoms. The first-order valence-electron chi connectivity index (χ1n) is 6.50. The Hall–Kier alpha value is 0.270. The molecule has 0 aromatic carbocycles. The van der Waals surface area contributed by atoms with Crippen LogP contribution in [0.2, 0.25) is 0 Å². The zero-order valence-electron chi connectivity index (χ0n) is 10.8. The number of nitrogens with one attached hydrogen (secondary N) is 1. The third-order valence-electron chi connectivity index (χ3n) is 3.57. The molecule has 0 amide bonds. The summed E-state index contributed by atoms with van der Waals surface area (Å²) in [6.45, 7) is 7.90. The molecular weight excluding hydrogens is 218 g/mol. The van der Waals surface area contributed by atoms with E-state index >= 15 is 0 Å². The Morgan fingerprint density at radius 3 is 2.81 bits per heavy atom. The minimum absolute atomic E-state index is 0.440. The summed E-state index contributed by atoms with van der Waals surface area (Å²) in [4.78, 5) is 0. The van der Waals surface area contributed by atoms with Gasteiger partial charge in [0.25, 0.3) is 0 Å². The number of hydrogen-bond donors (Lipinski definition) is 1. The van der Waals surface area contributed by atoms with E-state index in [0.29, 0.717) is 23.6 Å². The van der Waals surface area contributed by atoms with Gasteiger partial charge in [-0.3, -0.25) is 0 Å². The predicted molar refractivity (Wildman–Crippen MR) is 71.1 cm³/mol. The summed E-state index contributed by atoms with van der Waals surface area (Å²) in [6, 6.07) is 1.40. The van der Waals surface area contributed by atoms with E-state index in [1.807, 2.05) is 0 Å². The topological polar surface area (TPSA) is 21.3 Å². The molecule has 0 bridgehead atoms. The Labute approximate surface area is 104 Å². The van der Waals surface area contributed by atoms with Crippen LogP contribution in [0.5, 0.6) is 0 Å². The van der Waals surface area contributed by atoms with E-state index in [4.69, 9.17) is 4.74 Å². The van der Waals surface area contributed by atoms with Gasteiger partial charge >= 0.3 is 0 Å². The van der Waals surface area contributed by atoms with Gasteiger partial charge in [0.1, 0.15) is 0 Å². The molecule has 2 fully saturated rings. The normalized spacial score (nSPS) is 39.6. The monoisotopic (exact) mass is 243 g/mol. The van der Waals surface area contributed by atoms with E-state index in [9.17, 15) is 0 Å². The first kappa shape index (κ1) is 12.7. The zero-order chi connectivity index (χ0) is 11.6. The van der Waals surface area contributed by atoms with Crippen LogP contribution in [0.4, 0.5) is 0 Å². The highest BCUT2D eigenvalue weighted by Gasteiger charge is 2.30. The Kier molecular flexibility index (Phi) is 4.20. The molecular formula is C13H25NOS. The quantitative estimate of drug-likeness (QED) is 0.806. The smallest absolute Gasteiger partial charge is 0.0561 e. The van der Waals surface area contributed by atoms with Crippen molar-refractivity contribution < 1.29 is 4.74 Å². The van der Waals surface area contributed by atoms with Crippen molar-refractivity contribution >= 4 is 11.8 Å². The van der Waals surface area contributed by atoms with Crippen LogP contribution in [-0.4, -0.2) is 36.3 Å². The Morgan fingerprint density at radius 2 is 2.12 bits per heavy atom. The molecule has 0 aliphatic carbocycles. The van der Waals surface area contributed by atoms with Gasteiger partial charge in [0.15, 0.2) is 0 Å². The number of rotatable bonds is 2. The summed E-state index contributed by atoms with van der Waals surface area (Å²) >= 11 is 2.11. The number of ether oxygens (including phenoxy) is 1. The molecule has 2 saturated heterocycles. The standard InChI is InChI=1S/C13H25NOS/c1-10-6-11(4-5-15-10)14-12-7-13(2,3)9-16-8-12/h10-12,14H,4-9H2,1-3H3. The highest BCUT2D eigenvalue weighted by atomic mass is 32.2. The molecule has 94 valence electrons. The molecule has 0 saturated carbocycles. The molecule has 0 aromatic heterocycles. The summed E-state index contributed by atoms with van der Waals surface area (Å²) in [5.74, 6) is 2.60. The second kappa shape index (κ2) is 5.28. The molecule has 2 nitrogen and oxygen atoms in total. The van der Waals surface area contributed by atoms with Gasteiger partial charge in [0, 0.05) is 24.4 Å². The van der Waals surface area contributed by atoms with Gasteiger partial charge in [0.2, 0.25) is 0 Å². The second-order valence-corrected chi connectivity index (χ2v) is 7.18. The van der Waals surface area contributed by atoms with Crippen molar-refractivity contribution in [3.8, 4) is 0 Å². The summed E-state index contributed by atoms with van der Waals surface area (Å²) in [7, 11) is 0. The minimum Gasteiger partial charge on any atom is -0.378 e. The lowest BCUT2D eigenvalue weighted by Crippen LogP contribution is -2.48. The maximum absolute atomic E-state index is 5.59. The van der Waals surface area contributed by atoms with Crippen molar-refractivity contribution in [3.63, 3.8) is 0 Å². The van der Waals surface area contributed by atoms with Gasteiger partial charge in [-0.2, -0.15) is 11.8 Å². The van der Waals surface area contributed by atoms with Crippen molar-refractivity contribution in [2.24, 2.45) is 5.41 Å². The number of thioether (sulfide) groups is 1. The van der Waals surface area contributed by atoms with Gasteiger partial charge in [-0.15, -0.1) is 0 Å². The van der Waals surface area contributed by atoms with Crippen molar-refractivity contribution in [1.29, 1.82) is 0 Å². The molecule has 2 aliphatic heterocycles. The van der Waals surface area contributed by atoms with E-state index in [1.54, 1.807) is 0 Å². The maximum Gasteiger partial charge on any atom is 0.0561 e. The van der Waals surface area contributed by atoms with Gasteiger partial charge < -0.3 is 10.1 Å². The minimum atomic E-state index is 0.440. The van der Waals surface area contributed by atoms with E-state index in [-0.39, 0.29) is 0 Å². The average molecular weight is 243 g/mol. The molecule has 0 radical (unpaired) electrons. The van der Waals surface area contributed by atoms with Crippen molar-refractivity contribution in [2.75, 3.05) is 18.1 Å². The molecule has 3 unspecified atom stereocenters. The lowest BCUT2D eigenvalue weighted by Gasteiger charge is -2.38. The van der Waals surface area contributed by atoms with Gasteiger partial charge in [-0.05, 0) is 37.4 Å². The Morgan fingerprint density at radius 1 is 1.31 bits per heavy atom. The molecule has 0 aromatic rings. The fourth-order valence-corrected chi connectivity index (χ4v) is 4.14. The van der Waals surface area contributed by atoms with Crippen LogP contribution in [0.3, 0.4) is 0 Å². The van der Waals surface area contributed by atoms with Crippen LogP contribution in [0.1, 0.15) is 40.0 Å². The predicted octanol–water partition coefficient (Wildman–Crippen LogP) is 2.68. The van der Waals surface area contributed by atoms with Crippen LogP contribution < -0.4 is 5.32 Å². The lowest BCUT2D eigenvalue weighted by atomic mass is 9.87. The first-order valence-corrected chi connectivity index (χ1v) is 7.66. The van der Waals surface area contributed by atoms with E-state index in [0.717, 1.165) is 6.61 Å². The average Bonchev–Trinajstić information content (AvgIpc) is 2.15. The number of hydrogen-bond acceptors (Lipinski definition) is 3. The summed E-state index contributed by atoms with van der Waals surface area (Å²) < 4.78 is 5.59. The fraction of sp³-hybridized carbons (Fsp3) is 1.00. The summed E-state index contributed by atoms with van der Waals surface area (Å²) in [6.07, 6.45) is 4.13. The van der Waals surface area contributed by atoms with Crippen LogP contribution in [0.25, 0.3) is 0 Å². The van der Waals surface area contributed by atoms with Crippen molar-refractivity contribution in [3.05, 3.63) is 0 Å². The van der Waals surface area contributed by atoms with Crippen LogP contribution in [-0.2, 0) is 4.74 Å². The second-order valence-electron chi connectivity index (χ2n) is 6.15. The lowest BCUT2D eigenvalue weighted by molar-refractivity contribution is 0.0108. The van der Waals surface area contributed by atoms with Gasteiger partial charge in [-0.25, -0.2) is 0 Å². The molecule has 2 rings (SSSR count). The van der Waals surface area contributed by atoms with Crippen LogP contribution in [0, 0.1) is 5.41 Å². The highest BCUT2D eigenvalue weighted by molar-refractivity contribution is 7.99. The SMILES string of the molecule is CC1CC(NC2CSCC(C)(C)C2)CCO1. The molecule has 2 heterocycles. The summed E-state index contributed by atoms with van der Waals surface area (Å²) in [5.41, 5.74) is 0.511. The largest absolute Gasteiger partial charge is 0.378 e. The van der Waals surface area contributed by atoms with Gasteiger partial charge in [0.05, 0.1) is 6.10 Å². The third kappa shape index (κ3) is 3.64. The Balaban J connectivity index is 1.80. The first-order chi connectivity index (χ1) is 7.55. The van der Waals surface area contributed by atoms with Crippen LogP contribution in [0.15, 0.2) is 0 Å². The van der Waals surface area contributed by atoms with Crippen molar-refractivity contribution in [2.45, 2.75) is 58.2 Å². The Bertz CT molecular complexity index is 232. The molecule has 1 N–H and O–H groups in total. The summed E-state index contributed by atoms with van der Waals surface area (Å²) in [5, 5.41) is 3.84. The fourth-order valence-electron chi connectivity index (χ4n) is 2.85. The van der Waals surface area contributed by atoms with Gasteiger partial charge in [-0.1, -0.05) is 13.8 Å².